The first-order chi connectivity index (χ1) is 17.6. The Morgan fingerprint density at radius 3 is 2.11 bits per heavy atom. The summed E-state index contributed by atoms with van der Waals surface area (Å²) < 4.78 is 0. The van der Waals surface area contributed by atoms with E-state index < -0.39 is 0 Å². The zero-order chi connectivity index (χ0) is 24.9. The van der Waals surface area contributed by atoms with Crippen LogP contribution in [0.1, 0.15) is 51.1 Å². The summed E-state index contributed by atoms with van der Waals surface area (Å²) in [5.41, 5.74) is 4.68. The summed E-state index contributed by atoms with van der Waals surface area (Å²) in [5, 5.41) is 11.7. The van der Waals surface area contributed by atoms with Crippen LogP contribution in [-0.4, -0.2) is 35.0 Å². The van der Waals surface area contributed by atoms with Crippen molar-refractivity contribution in [1.29, 1.82) is 0 Å². The number of ketones is 1. The van der Waals surface area contributed by atoms with Crippen molar-refractivity contribution in [2.45, 2.75) is 26.2 Å². The Morgan fingerprint density at radius 2 is 1.44 bits per heavy atom. The average Bonchev–Trinajstić information content (AvgIpc) is 2.94. The van der Waals surface area contributed by atoms with Gasteiger partial charge in [0.15, 0.2) is 11.6 Å². The lowest BCUT2D eigenvalue weighted by atomic mass is 9.97. The lowest BCUT2D eigenvalue weighted by Crippen LogP contribution is -2.30. The van der Waals surface area contributed by atoms with Gasteiger partial charge in [-0.15, -0.1) is 10.2 Å². The van der Waals surface area contributed by atoms with Gasteiger partial charge in [0.1, 0.15) is 0 Å². The van der Waals surface area contributed by atoms with Crippen molar-refractivity contribution >= 4 is 23.2 Å². The van der Waals surface area contributed by atoms with Gasteiger partial charge < -0.3 is 10.2 Å². The minimum absolute atomic E-state index is 0.178. The second kappa shape index (κ2) is 10.5. The Hall–Kier alpha value is -4.32. The average molecular weight is 477 g/mol. The van der Waals surface area contributed by atoms with Crippen LogP contribution in [0.25, 0.3) is 11.3 Å². The molecule has 1 aromatic heterocycles. The number of carbonyl (C=O) groups excluding carboxylic acids is 2. The van der Waals surface area contributed by atoms with E-state index >= 15 is 0 Å². The topological polar surface area (TPSA) is 75.2 Å². The highest BCUT2D eigenvalue weighted by Crippen LogP contribution is 2.23. The summed E-state index contributed by atoms with van der Waals surface area (Å²) in [6.07, 6.45) is 3.67. The number of carbonyl (C=O) groups is 2. The van der Waals surface area contributed by atoms with Gasteiger partial charge in [-0.1, -0.05) is 60.2 Å². The number of benzene rings is 3. The van der Waals surface area contributed by atoms with Crippen molar-refractivity contribution in [2.75, 3.05) is 23.3 Å². The summed E-state index contributed by atoms with van der Waals surface area (Å²) in [6, 6.07) is 25.7. The van der Waals surface area contributed by atoms with Crippen molar-refractivity contribution in [2.24, 2.45) is 0 Å². The molecule has 3 aromatic carbocycles. The fraction of sp³-hybridized carbons (Fsp3) is 0.200. The maximum Gasteiger partial charge on any atom is 0.256 e. The minimum atomic E-state index is -0.329. The van der Waals surface area contributed by atoms with E-state index in [1.807, 2.05) is 55.5 Å². The zero-order valence-corrected chi connectivity index (χ0v) is 20.3. The number of anilines is 2. The molecule has 36 heavy (non-hydrogen) atoms. The first kappa shape index (κ1) is 23.4. The first-order valence-corrected chi connectivity index (χ1v) is 12.3. The highest BCUT2D eigenvalue weighted by molar-refractivity contribution is 6.17. The molecule has 0 bridgehead atoms. The summed E-state index contributed by atoms with van der Waals surface area (Å²) >= 11 is 0. The molecule has 1 aliphatic rings. The molecule has 1 N–H and O–H groups in total. The van der Waals surface area contributed by atoms with E-state index in [0.29, 0.717) is 22.4 Å². The van der Waals surface area contributed by atoms with E-state index in [1.54, 1.807) is 36.4 Å². The van der Waals surface area contributed by atoms with E-state index in [0.717, 1.165) is 35.7 Å². The predicted molar refractivity (Wildman–Crippen MR) is 143 cm³/mol. The van der Waals surface area contributed by atoms with Crippen molar-refractivity contribution in [1.82, 2.24) is 10.2 Å². The Balaban J connectivity index is 1.29. The van der Waals surface area contributed by atoms with Crippen LogP contribution in [0.4, 0.5) is 11.5 Å². The standard InChI is InChI=1S/C30H28N4O2/c1-21-9-11-23(12-10-21)29(35)25-7-3-4-8-26(25)30(36)31-24-15-13-22(14-16-24)27-17-18-28(33-32-27)34-19-5-2-6-20-34/h3-4,7-18H,2,5-6,19-20H2,1H3,(H,31,36). The molecule has 0 aliphatic carbocycles. The highest BCUT2D eigenvalue weighted by atomic mass is 16.2. The summed E-state index contributed by atoms with van der Waals surface area (Å²) in [6.45, 7) is 4.03. The second-order valence-electron chi connectivity index (χ2n) is 9.10. The lowest BCUT2D eigenvalue weighted by Gasteiger charge is -2.27. The third-order valence-electron chi connectivity index (χ3n) is 6.50. The number of piperidine rings is 1. The number of hydrogen-bond donors (Lipinski definition) is 1. The van der Waals surface area contributed by atoms with Crippen molar-refractivity contribution in [3.05, 3.63) is 107 Å². The number of amides is 1. The molecule has 6 nitrogen and oxygen atoms in total. The maximum absolute atomic E-state index is 13.1. The molecule has 0 saturated carbocycles. The number of aryl methyl sites for hydroxylation is 1. The van der Waals surface area contributed by atoms with E-state index in [-0.39, 0.29) is 11.7 Å². The zero-order valence-electron chi connectivity index (χ0n) is 20.3. The van der Waals surface area contributed by atoms with Crippen LogP contribution >= 0.6 is 0 Å². The fourth-order valence-corrected chi connectivity index (χ4v) is 4.43. The molecule has 1 aliphatic heterocycles. The van der Waals surface area contributed by atoms with E-state index in [1.165, 1.54) is 19.3 Å². The first-order valence-electron chi connectivity index (χ1n) is 12.3. The molecule has 4 aromatic rings. The predicted octanol–water partition coefficient (Wildman–Crippen LogP) is 5.93. The van der Waals surface area contributed by atoms with Crippen LogP contribution in [0.2, 0.25) is 0 Å². The normalized spacial score (nSPS) is 13.3. The van der Waals surface area contributed by atoms with Crippen LogP contribution in [0.15, 0.2) is 84.9 Å². The molecule has 1 amide bonds. The van der Waals surface area contributed by atoms with Crippen LogP contribution in [0.5, 0.6) is 0 Å². The Kier molecular flexibility index (Phi) is 6.85. The van der Waals surface area contributed by atoms with Gasteiger partial charge in [0.2, 0.25) is 0 Å². The van der Waals surface area contributed by atoms with E-state index in [4.69, 9.17) is 0 Å². The molecule has 180 valence electrons. The molecule has 0 radical (unpaired) electrons. The largest absolute Gasteiger partial charge is 0.355 e. The van der Waals surface area contributed by atoms with Gasteiger partial charge >= 0.3 is 0 Å². The van der Waals surface area contributed by atoms with Crippen LogP contribution < -0.4 is 10.2 Å². The van der Waals surface area contributed by atoms with Gasteiger partial charge in [-0.05, 0) is 56.5 Å². The Bertz CT molecular complexity index is 1360. The van der Waals surface area contributed by atoms with Gasteiger partial charge in [0, 0.05) is 35.5 Å². The van der Waals surface area contributed by atoms with Crippen molar-refractivity contribution in [3.8, 4) is 11.3 Å². The third kappa shape index (κ3) is 5.18. The maximum atomic E-state index is 13.1. The smallest absolute Gasteiger partial charge is 0.256 e. The molecule has 0 unspecified atom stereocenters. The van der Waals surface area contributed by atoms with Crippen LogP contribution in [0.3, 0.4) is 0 Å². The molecule has 0 spiro atoms. The van der Waals surface area contributed by atoms with Gasteiger partial charge in [-0.3, -0.25) is 9.59 Å². The number of nitrogens with zero attached hydrogens (tertiary/aromatic N) is 3. The monoisotopic (exact) mass is 476 g/mol. The summed E-state index contributed by atoms with van der Waals surface area (Å²) in [4.78, 5) is 28.4. The second-order valence-corrected chi connectivity index (χ2v) is 9.10. The lowest BCUT2D eigenvalue weighted by molar-refractivity contribution is 0.0996. The number of rotatable bonds is 6. The van der Waals surface area contributed by atoms with Crippen molar-refractivity contribution < 1.29 is 9.59 Å². The molecule has 5 rings (SSSR count). The van der Waals surface area contributed by atoms with Gasteiger partial charge in [0.05, 0.1) is 11.3 Å². The molecule has 0 atom stereocenters. The Labute approximate surface area is 211 Å². The van der Waals surface area contributed by atoms with E-state index in [2.05, 4.69) is 20.4 Å². The fourth-order valence-electron chi connectivity index (χ4n) is 4.43. The molecular formula is C30H28N4O2. The molecule has 1 saturated heterocycles. The van der Waals surface area contributed by atoms with E-state index in [9.17, 15) is 9.59 Å². The minimum Gasteiger partial charge on any atom is -0.355 e. The Morgan fingerprint density at radius 1 is 0.750 bits per heavy atom. The van der Waals surface area contributed by atoms with Crippen LogP contribution in [0, 0.1) is 6.92 Å². The van der Waals surface area contributed by atoms with Gasteiger partial charge in [-0.2, -0.15) is 0 Å². The van der Waals surface area contributed by atoms with Crippen LogP contribution in [-0.2, 0) is 0 Å². The number of hydrogen-bond acceptors (Lipinski definition) is 5. The SMILES string of the molecule is Cc1ccc(C(=O)c2ccccc2C(=O)Nc2ccc(-c3ccc(N4CCCCC4)nn3)cc2)cc1. The number of nitrogens with one attached hydrogen (secondary N) is 1. The molecular weight excluding hydrogens is 448 g/mol. The summed E-state index contributed by atoms with van der Waals surface area (Å²) in [7, 11) is 0. The third-order valence-corrected chi connectivity index (χ3v) is 6.50. The van der Waals surface area contributed by atoms with Gasteiger partial charge in [-0.25, -0.2) is 0 Å². The summed E-state index contributed by atoms with van der Waals surface area (Å²) in [5.74, 6) is 0.411. The quantitative estimate of drug-likeness (QED) is 0.349. The van der Waals surface area contributed by atoms with Gasteiger partial charge in [0.25, 0.3) is 5.91 Å². The highest BCUT2D eigenvalue weighted by Gasteiger charge is 2.18. The molecule has 2 heterocycles. The van der Waals surface area contributed by atoms with Crippen molar-refractivity contribution in [3.63, 3.8) is 0 Å². The number of aromatic nitrogens is 2. The molecule has 1 fully saturated rings. The molecule has 6 heteroatoms.